The average Bonchev–Trinajstić information content (AvgIpc) is 3.22. The molecule has 6 heteroatoms. The first kappa shape index (κ1) is 20.5. The molecule has 0 radical (unpaired) electrons. The summed E-state index contributed by atoms with van der Waals surface area (Å²) in [4.78, 5) is 15.5. The number of hydrogen-bond donors (Lipinski definition) is 2. The molecule has 5 rings (SSSR count). The fourth-order valence-electron chi connectivity index (χ4n) is 4.43. The fraction of sp³-hybridized carbons (Fsp3) is 0.148. The molecule has 0 spiro atoms. The number of nitrogens with zero attached hydrogens (tertiary/aromatic N) is 2. The number of nitriles is 1. The molecule has 1 aromatic heterocycles. The van der Waals surface area contributed by atoms with Crippen LogP contribution in [0.5, 0.6) is 5.75 Å². The van der Waals surface area contributed by atoms with E-state index in [4.69, 9.17) is 10.5 Å². The summed E-state index contributed by atoms with van der Waals surface area (Å²) >= 11 is 0. The van der Waals surface area contributed by atoms with Crippen molar-refractivity contribution in [2.45, 2.75) is 25.4 Å². The number of carbonyl (C=O) groups is 1. The zero-order valence-electron chi connectivity index (χ0n) is 17.8. The molecule has 162 valence electrons. The van der Waals surface area contributed by atoms with Crippen LogP contribution in [-0.4, -0.2) is 16.1 Å². The Morgan fingerprint density at radius 1 is 1.12 bits per heavy atom. The van der Waals surface area contributed by atoms with E-state index in [0.29, 0.717) is 22.7 Å². The summed E-state index contributed by atoms with van der Waals surface area (Å²) in [5, 5.41) is 20.5. The highest BCUT2D eigenvalue weighted by Crippen LogP contribution is 2.39. The third-order valence-electron chi connectivity index (χ3n) is 6.11. The molecule has 0 saturated carbocycles. The average molecular weight is 435 g/mol. The predicted molar refractivity (Wildman–Crippen MR) is 126 cm³/mol. The van der Waals surface area contributed by atoms with Crippen molar-refractivity contribution in [2.75, 3.05) is 5.73 Å². The van der Waals surface area contributed by atoms with E-state index >= 15 is 0 Å². The Balaban J connectivity index is 1.50. The van der Waals surface area contributed by atoms with E-state index < -0.39 is 5.97 Å². The summed E-state index contributed by atoms with van der Waals surface area (Å²) < 4.78 is 6.31. The van der Waals surface area contributed by atoms with Crippen LogP contribution in [0, 0.1) is 11.3 Å². The van der Waals surface area contributed by atoms with Gasteiger partial charge in [-0.2, -0.15) is 5.26 Å². The normalized spacial score (nSPS) is 14.6. The molecule has 0 saturated heterocycles. The largest absolute Gasteiger partial charge is 0.485 e. The number of aromatic nitrogens is 1. The molecule has 1 aliphatic carbocycles. The van der Waals surface area contributed by atoms with Crippen LogP contribution >= 0.6 is 0 Å². The van der Waals surface area contributed by atoms with Crippen LogP contribution in [0.2, 0.25) is 0 Å². The van der Waals surface area contributed by atoms with E-state index in [-0.39, 0.29) is 12.5 Å². The van der Waals surface area contributed by atoms with Gasteiger partial charge < -0.3 is 15.6 Å². The standard InChI is InChI=1S/C27H21N3O3/c28-15-16-1-2-21(14-26(31)32)25(11-16)33-24-8-7-17-3-5-19(12-22(17)24)20-6-4-18-9-10-30-27(29)23(18)13-20/h1-6,9-13,24H,7-8,14H2,(H2,29,30)(H,31,32). The SMILES string of the molecule is N#Cc1ccc(CC(=O)O)c(OC2CCc3ccc(-c4ccc5ccnc(N)c5c4)cc32)c1. The summed E-state index contributed by atoms with van der Waals surface area (Å²) in [5.74, 6) is 0.00745. The Labute approximate surface area is 190 Å². The van der Waals surface area contributed by atoms with Crippen LogP contribution in [0.1, 0.15) is 34.8 Å². The number of rotatable bonds is 5. The zero-order valence-corrected chi connectivity index (χ0v) is 17.8. The topological polar surface area (TPSA) is 109 Å². The minimum atomic E-state index is -0.941. The van der Waals surface area contributed by atoms with Gasteiger partial charge in [-0.1, -0.05) is 30.3 Å². The zero-order chi connectivity index (χ0) is 22.9. The van der Waals surface area contributed by atoms with Crippen LogP contribution in [0.15, 0.2) is 66.9 Å². The van der Waals surface area contributed by atoms with Crippen molar-refractivity contribution in [3.63, 3.8) is 0 Å². The van der Waals surface area contributed by atoms with Crippen molar-refractivity contribution in [1.82, 2.24) is 4.98 Å². The van der Waals surface area contributed by atoms with Crippen molar-refractivity contribution in [2.24, 2.45) is 0 Å². The molecule has 0 fully saturated rings. The lowest BCUT2D eigenvalue weighted by Gasteiger charge is -2.18. The number of ether oxygens (including phenoxy) is 1. The van der Waals surface area contributed by atoms with Crippen LogP contribution < -0.4 is 10.5 Å². The van der Waals surface area contributed by atoms with Gasteiger partial charge in [0.15, 0.2) is 0 Å². The number of anilines is 1. The molecule has 0 amide bonds. The maximum absolute atomic E-state index is 11.3. The molecule has 0 aliphatic heterocycles. The number of nitrogens with two attached hydrogens (primary N) is 1. The number of pyridine rings is 1. The highest BCUT2D eigenvalue weighted by Gasteiger charge is 2.26. The molecule has 1 heterocycles. The Hall–Kier alpha value is -4.37. The Morgan fingerprint density at radius 3 is 2.76 bits per heavy atom. The van der Waals surface area contributed by atoms with Gasteiger partial charge in [-0.3, -0.25) is 4.79 Å². The first-order chi connectivity index (χ1) is 16.0. The van der Waals surface area contributed by atoms with Crippen molar-refractivity contribution in [3.8, 4) is 22.9 Å². The van der Waals surface area contributed by atoms with Crippen LogP contribution in [0.4, 0.5) is 5.82 Å². The molecule has 1 aliphatic rings. The number of nitrogen functional groups attached to an aromatic ring is 1. The lowest BCUT2D eigenvalue weighted by Crippen LogP contribution is -2.08. The second-order valence-electron chi connectivity index (χ2n) is 8.20. The maximum Gasteiger partial charge on any atom is 0.307 e. The quantitative estimate of drug-likeness (QED) is 0.454. The van der Waals surface area contributed by atoms with Gasteiger partial charge in [0.2, 0.25) is 0 Å². The molecule has 1 unspecified atom stereocenters. The fourth-order valence-corrected chi connectivity index (χ4v) is 4.43. The summed E-state index contributed by atoms with van der Waals surface area (Å²) in [6, 6.07) is 21.4. The number of aryl methyl sites for hydroxylation is 1. The predicted octanol–water partition coefficient (Wildman–Crippen LogP) is 5.05. The van der Waals surface area contributed by atoms with E-state index in [1.165, 1.54) is 5.56 Å². The van der Waals surface area contributed by atoms with E-state index in [9.17, 15) is 15.2 Å². The van der Waals surface area contributed by atoms with Gasteiger partial charge in [0.25, 0.3) is 0 Å². The highest BCUT2D eigenvalue weighted by atomic mass is 16.5. The maximum atomic E-state index is 11.3. The number of benzene rings is 3. The van der Waals surface area contributed by atoms with E-state index in [1.807, 2.05) is 18.2 Å². The molecule has 3 N–H and O–H groups in total. The molecule has 1 atom stereocenters. The van der Waals surface area contributed by atoms with Gasteiger partial charge >= 0.3 is 5.97 Å². The molecule has 33 heavy (non-hydrogen) atoms. The molecular weight excluding hydrogens is 414 g/mol. The minimum Gasteiger partial charge on any atom is -0.485 e. The number of carboxylic acid groups (broad SMARTS) is 1. The first-order valence-corrected chi connectivity index (χ1v) is 10.7. The summed E-state index contributed by atoms with van der Waals surface area (Å²) in [6.07, 6.45) is 2.99. The third kappa shape index (κ3) is 3.97. The van der Waals surface area contributed by atoms with Gasteiger partial charge in [-0.25, -0.2) is 4.98 Å². The molecular formula is C27H21N3O3. The van der Waals surface area contributed by atoms with Gasteiger partial charge in [-0.05, 0) is 70.8 Å². The van der Waals surface area contributed by atoms with Gasteiger partial charge in [0.05, 0.1) is 18.1 Å². The number of hydrogen-bond acceptors (Lipinski definition) is 5. The van der Waals surface area contributed by atoms with Gasteiger partial charge in [0, 0.05) is 17.1 Å². The van der Waals surface area contributed by atoms with Crippen molar-refractivity contribution in [1.29, 1.82) is 5.26 Å². The second-order valence-corrected chi connectivity index (χ2v) is 8.20. The number of aliphatic carboxylic acids is 1. The lowest BCUT2D eigenvalue weighted by atomic mass is 9.98. The van der Waals surface area contributed by atoms with Crippen molar-refractivity contribution >= 4 is 22.6 Å². The van der Waals surface area contributed by atoms with Crippen LogP contribution in [0.25, 0.3) is 21.9 Å². The minimum absolute atomic E-state index is 0.160. The monoisotopic (exact) mass is 435 g/mol. The van der Waals surface area contributed by atoms with E-state index in [2.05, 4.69) is 35.3 Å². The molecule has 6 nitrogen and oxygen atoms in total. The lowest BCUT2D eigenvalue weighted by molar-refractivity contribution is -0.136. The van der Waals surface area contributed by atoms with Crippen molar-refractivity contribution in [3.05, 3.63) is 89.1 Å². The summed E-state index contributed by atoms with van der Waals surface area (Å²) in [5.41, 5.74) is 11.4. The van der Waals surface area contributed by atoms with Crippen LogP contribution in [-0.2, 0) is 17.6 Å². The van der Waals surface area contributed by atoms with Gasteiger partial charge in [-0.15, -0.1) is 0 Å². The highest BCUT2D eigenvalue weighted by molar-refractivity contribution is 5.94. The van der Waals surface area contributed by atoms with E-state index in [0.717, 1.165) is 40.3 Å². The Morgan fingerprint density at radius 2 is 1.94 bits per heavy atom. The van der Waals surface area contributed by atoms with Crippen molar-refractivity contribution < 1.29 is 14.6 Å². The van der Waals surface area contributed by atoms with Crippen LogP contribution in [0.3, 0.4) is 0 Å². The third-order valence-corrected chi connectivity index (χ3v) is 6.11. The molecule has 3 aromatic carbocycles. The second kappa shape index (κ2) is 8.29. The smallest absolute Gasteiger partial charge is 0.307 e. The number of fused-ring (bicyclic) bond motifs is 2. The van der Waals surface area contributed by atoms with E-state index in [1.54, 1.807) is 24.4 Å². The Kier molecular flexibility index (Phi) is 5.15. The summed E-state index contributed by atoms with van der Waals surface area (Å²) in [6.45, 7) is 0. The molecule has 0 bridgehead atoms. The summed E-state index contributed by atoms with van der Waals surface area (Å²) in [7, 11) is 0. The first-order valence-electron chi connectivity index (χ1n) is 10.7. The molecule has 4 aromatic rings. The van der Waals surface area contributed by atoms with Gasteiger partial charge in [0.1, 0.15) is 17.7 Å². The number of carboxylic acids is 1. The Bertz CT molecular complexity index is 1440.